The molecule has 0 aliphatic carbocycles. The molecule has 20 heavy (non-hydrogen) atoms. The molecule has 2 saturated heterocycles. The summed E-state index contributed by atoms with van der Waals surface area (Å²) >= 11 is 0. The molecule has 2 aliphatic rings. The van der Waals surface area contributed by atoms with Gasteiger partial charge in [-0.05, 0) is 13.0 Å². The van der Waals surface area contributed by atoms with Crippen LogP contribution in [0.1, 0.15) is 12.1 Å². The number of aliphatic hydroxyl groups excluding tert-OH is 1. The number of nitrogens with zero attached hydrogens (tertiary/aromatic N) is 2. The maximum Gasteiger partial charge on any atom is 0.222 e. The average molecular weight is 281 g/mol. The second-order valence-corrected chi connectivity index (χ2v) is 5.31. The third-order valence-corrected chi connectivity index (χ3v) is 3.72. The van der Waals surface area contributed by atoms with Gasteiger partial charge in [0.2, 0.25) is 5.91 Å². The highest BCUT2D eigenvalue weighted by molar-refractivity contribution is 5.76. The second-order valence-electron chi connectivity index (χ2n) is 5.31. The highest BCUT2D eigenvalue weighted by atomic mass is 16.6. The number of aromatic nitrogens is 2. The van der Waals surface area contributed by atoms with Crippen molar-refractivity contribution in [2.45, 2.75) is 44.2 Å². The van der Waals surface area contributed by atoms with Gasteiger partial charge in [0.25, 0.3) is 0 Å². The Morgan fingerprint density at radius 1 is 1.50 bits per heavy atom. The van der Waals surface area contributed by atoms with Gasteiger partial charge in [0.1, 0.15) is 18.3 Å². The molecule has 7 nitrogen and oxygen atoms in total. The number of hydrogen-bond acceptors (Lipinski definition) is 5. The van der Waals surface area contributed by atoms with Crippen molar-refractivity contribution in [2.24, 2.45) is 0 Å². The molecule has 3 heterocycles. The molecule has 0 radical (unpaired) electrons. The number of aryl methyl sites for hydroxylation is 2. The number of carbonyl (C=O) groups is 1. The molecule has 0 spiro atoms. The van der Waals surface area contributed by atoms with E-state index in [0.717, 1.165) is 5.69 Å². The summed E-state index contributed by atoms with van der Waals surface area (Å²) in [6.07, 6.45) is 1.08. The van der Waals surface area contributed by atoms with Crippen molar-refractivity contribution in [2.75, 3.05) is 13.2 Å². The monoisotopic (exact) mass is 281 g/mol. The van der Waals surface area contributed by atoms with Crippen LogP contribution in [0.15, 0.2) is 12.3 Å². The van der Waals surface area contributed by atoms with E-state index in [2.05, 4.69) is 10.4 Å². The molecule has 1 aromatic rings. The number of aliphatic hydroxyl groups is 1. The van der Waals surface area contributed by atoms with Crippen molar-refractivity contribution in [3.05, 3.63) is 18.0 Å². The van der Waals surface area contributed by atoms with Gasteiger partial charge in [-0.15, -0.1) is 0 Å². The quantitative estimate of drug-likeness (QED) is 0.756. The summed E-state index contributed by atoms with van der Waals surface area (Å²) in [5.41, 5.74) is 0.936. The van der Waals surface area contributed by atoms with Crippen LogP contribution in [0.5, 0.6) is 0 Å². The van der Waals surface area contributed by atoms with Gasteiger partial charge in [0, 0.05) is 19.2 Å². The van der Waals surface area contributed by atoms with Crippen LogP contribution in [-0.4, -0.2) is 58.4 Å². The van der Waals surface area contributed by atoms with Gasteiger partial charge in [-0.3, -0.25) is 9.48 Å². The van der Waals surface area contributed by atoms with Crippen LogP contribution in [0.3, 0.4) is 0 Å². The molecule has 0 unspecified atom stereocenters. The van der Waals surface area contributed by atoms with Gasteiger partial charge < -0.3 is 19.9 Å². The Kier molecular flexibility index (Phi) is 3.73. The Hall–Kier alpha value is -1.44. The van der Waals surface area contributed by atoms with E-state index in [9.17, 15) is 9.90 Å². The third kappa shape index (κ3) is 2.70. The standard InChI is InChI=1S/C13H19N3O4/c1-8-2-4-16(15-8)5-3-11(18)14-9-6-19-13-10(17)7-20-12(9)13/h2,4,9-10,12-13,17H,3,5-7H2,1H3,(H,14,18)/t9-,10-,12-,13-/m1/s1. The molecule has 0 bridgehead atoms. The van der Waals surface area contributed by atoms with Gasteiger partial charge >= 0.3 is 0 Å². The van der Waals surface area contributed by atoms with Gasteiger partial charge in [0.05, 0.1) is 24.9 Å². The fraction of sp³-hybridized carbons (Fsp3) is 0.692. The minimum atomic E-state index is -0.589. The largest absolute Gasteiger partial charge is 0.388 e. The molecule has 1 aromatic heterocycles. The molecule has 2 N–H and O–H groups in total. The Balaban J connectivity index is 1.47. The molecule has 0 saturated carbocycles. The summed E-state index contributed by atoms with van der Waals surface area (Å²) in [7, 11) is 0. The Morgan fingerprint density at radius 2 is 2.30 bits per heavy atom. The van der Waals surface area contributed by atoms with Crippen LogP contribution < -0.4 is 5.32 Å². The van der Waals surface area contributed by atoms with Crippen molar-refractivity contribution in [1.29, 1.82) is 0 Å². The first kappa shape index (κ1) is 13.5. The van der Waals surface area contributed by atoms with E-state index in [1.165, 1.54) is 0 Å². The fourth-order valence-corrected chi connectivity index (χ4v) is 2.69. The van der Waals surface area contributed by atoms with Crippen molar-refractivity contribution in [3.8, 4) is 0 Å². The zero-order valence-electron chi connectivity index (χ0n) is 11.4. The number of fused-ring (bicyclic) bond motifs is 1. The lowest BCUT2D eigenvalue weighted by molar-refractivity contribution is -0.122. The van der Waals surface area contributed by atoms with Gasteiger partial charge in [-0.1, -0.05) is 0 Å². The number of rotatable bonds is 4. The molecule has 3 rings (SSSR count). The average Bonchev–Trinajstić information content (AvgIpc) is 3.08. The van der Waals surface area contributed by atoms with Crippen molar-refractivity contribution < 1.29 is 19.4 Å². The highest BCUT2D eigenvalue weighted by Gasteiger charge is 2.47. The van der Waals surface area contributed by atoms with Gasteiger partial charge in [-0.25, -0.2) is 0 Å². The zero-order valence-corrected chi connectivity index (χ0v) is 11.4. The molecule has 2 fully saturated rings. The van der Waals surface area contributed by atoms with Crippen molar-refractivity contribution >= 4 is 5.91 Å². The van der Waals surface area contributed by atoms with Crippen LogP contribution in [0.4, 0.5) is 0 Å². The minimum absolute atomic E-state index is 0.0580. The van der Waals surface area contributed by atoms with Crippen LogP contribution in [0.25, 0.3) is 0 Å². The summed E-state index contributed by atoms with van der Waals surface area (Å²) < 4.78 is 12.7. The first-order chi connectivity index (χ1) is 9.63. The molecular weight excluding hydrogens is 262 g/mol. The first-order valence-electron chi connectivity index (χ1n) is 6.84. The number of nitrogens with one attached hydrogen (secondary N) is 1. The summed E-state index contributed by atoms with van der Waals surface area (Å²) in [4.78, 5) is 11.9. The molecule has 110 valence electrons. The lowest BCUT2D eigenvalue weighted by Crippen LogP contribution is -2.44. The number of hydrogen-bond donors (Lipinski definition) is 2. The number of ether oxygens (including phenoxy) is 2. The molecule has 1 amide bonds. The highest BCUT2D eigenvalue weighted by Crippen LogP contribution is 2.26. The Bertz CT molecular complexity index is 490. The fourth-order valence-electron chi connectivity index (χ4n) is 2.69. The van der Waals surface area contributed by atoms with Crippen LogP contribution >= 0.6 is 0 Å². The van der Waals surface area contributed by atoms with Crippen LogP contribution in [0.2, 0.25) is 0 Å². The maximum absolute atomic E-state index is 11.9. The molecule has 0 aromatic carbocycles. The third-order valence-electron chi connectivity index (χ3n) is 3.72. The van der Waals surface area contributed by atoms with Gasteiger partial charge in [-0.2, -0.15) is 5.10 Å². The van der Waals surface area contributed by atoms with E-state index in [0.29, 0.717) is 19.6 Å². The topological polar surface area (TPSA) is 85.6 Å². The van der Waals surface area contributed by atoms with E-state index in [1.807, 2.05) is 19.2 Å². The predicted molar refractivity (Wildman–Crippen MR) is 69.0 cm³/mol. The minimum Gasteiger partial charge on any atom is -0.388 e. The Labute approximate surface area is 116 Å². The van der Waals surface area contributed by atoms with Crippen molar-refractivity contribution in [1.82, 2.24) is 15.1 Å². The summed E-state index contributed by atoms with van der Waals surface area (Å²) in [6.45, 7) is 3.12. The first-order valence-corrected chi connectivity index (χ1v) is 6.84. The smallest absolute Gasteiger partial charge is 0.222 e. The molecule has 7 heteroatoms. The summed E-state index contributed by atoms with van der Waals surface area (Å²) in [6, 6.07) is 1.73. The van der Waals surface area contributed by atoms with E-state index in [-0.39, 0.29) is 30.8 Å². The van der Waals surface area contributed by atoms with Gasteiger partial charge in [0.15, 0.2) is 0 Å². The lowest BCUT2D eigenvalue weighted by atomic mass is 10.1. The Morgan fingerprint density at radius 3 is 3.05 bits per heavy atom. The number of carbonyl (C=O) groups excluding carboxylic acids is 1. The van der Waals surface area contributed by atoms with E-state index >= 15 is 0 Å². The summed E-state index contributed by atoms with van der Waals surface area (Å²) in [5, 5.41) is 16.8. The predicted octanol–water partition coefficient (Wildman–Crippen LogP) is -0.775. The summed E-state index contributed by atoms with van der Waals surface area (Å²) in [5.74, 6) is -0.0580. The van der Waals surface area contributed by atoms with Crippen molar-refractivity contribution in [3.63, 3.8) is 0 Å². The van der Waals surface area contributed by atoms with E-state index in [1.54, 1.807) is 4.68 Å². The van der Waals surface area contributed by atoms with Crippen LogP contribution in [0, 0.1) is 6.92 Å². The normalized spacial score (nSPS) is 32.3. The lowest BCUT2D eigenvalue weighted by Gasteiger charge is -2.17. The zero-order chi connectivity index (χ0) is 14.1. The molecular formula is C13H19N3O4. The number of amides is 1. The van der Waals surface area contributed by atoms with Crippen LogP contribution in [-0.2, 0) is 20.8 Å². The van der Waals surface area contributed by atoms with E-state index < -0.39 is 6.10 Å². The molecule has 4 atom stereocenters. The maximum atomic E-state index is 11.9. The van der Waals surface area contributed by atoms with E-state index in [4.69, 9.17) is 9.47 Å². The molecule has 2 aliphatic heterocycles. The second kappa shape index (κ2) is 5.51. The SMILES string of the molecule is Cc1ccn(CCC(=O)N[C@@H]2CO[C@H]3[C@@H]2OC[C@H]3O)n1.